The van der Waals surface area contributed by atoms with Gasteiger partial charge in [-0.3, -0.25) is 14.8 Å². The number of halogens is 1. The number of nitrogens with zero attached hydrogens (tertiary/aromatic N) is 3. The minimum absolute atomic E-state index is 0.250. The second-order valence-corrected chi connectivity index (χ2v) is 6.57. The van der Waals surface area contributed by atoms with Gasteiger partial charge in [0.2, 0.25) is 0 Å². The van der Waals surface area contributed by atoms with Gasteiger partial charge in [0, 0.05) is 28.2 Å². The van der Waals surface area contributed by atoms with E-state index >= 15 is 0 Å². The van der Waals surface area contributed by atoms with Gasteiger partial charge in [-0.15, -0.1) is 11.3 Å². The van der Waals surface area contributed by atoms with Gasteiger partial charge in [-0.2, -0.15) is 5.10 Å². The highest BCUT2D eigenvalue weighted by molar-refractivity contribution is 9.10. The molecule has 1 N–H and O–H groups in total. The Morgan fingerprint density at radius 1 is 1.32 bits per heavy atom. The molecule has 1 aromatic carbocycles. The van der Waals surface area contributed by atoms with E-state index in [1.54, 1.807) is 17.8 Å². The number of aryl methyl sites for hydroxylation is 2. The Morgan fingerprint density at radius 2 is 2.05 bits per heavy atom. The van der Waals surface area contributed by atoms with Gasteiger partial charge < -0.3 is 0 Å². The molecule has 0 fully saturated rings. The van der Waals surface area contributed by atoms with E-state index in [0.29, 0.717) is 10.8 Å². The molecule has 2 aromatic heterocycles. The van der Waals surface area contributed by atoms with Crippen LogP contribution in [0, 0.1) is 6.92 Å². The third kappa shape index (κ3) is 3.10. The van der Waals surface area contributed by atoms with Crippen LogP contribution in [0.2, 0.25) is 0 Å². The minimum Gasteiger partial charge on any atom is -0.296 e. The van der Waals surface area contributed by atoms with E-state index in [0.717, 1.165) is 21.4 Å². The second kappa shape index (κ2) is 6.02. The summed E-state index contributed by atoms with van der Waals surface area (Å²) in [6.45, 7) is 1.90. The average Bonchev–Trinajstić information content (AvgIpc) is 3.08. The molecule has 3 rings (SSSR count). The molecule has 0 aliphatic heterocycles. The van der Waals surface area contributed by atoms with E-state index in [1.807, 2.05) is 36.6 Å². The molecule has 3 aromatic rings. The number of hydrogen-bond donors (Lipinski definition) is 1. The molecule has 1 amide bonds. The highest BCUT2D eigenvalue weighted by Crippen LogP contribution is 2.26. The van der Waals surface area contributed by atoms with Gasteiger partial charge in [-0.05, 0) is 25.1 Å². The topological polar surface area (TPSA) is 59.8 Å². The fraction of sp³-hybridized carbons (Fsp3) is 0.133. The summed E-state index contributed by atoms with van der Waals surface area (Å²) < 4.78 is 2.69. The Balaban J connectivity index is 1.76. The number of amides is 1. The molecule has 2 heterocycles. The van der Waals surface area contributed by atoms with Crippen molar-refractivity contribution in [2.24, 2.45) is 7.05 Å². The van der Waals surface area contributed by atoms with Gasteiger partial charge in [-0.1, -0.05) is 28.1 Å². The Labute approximate surface area is 140 Å². The van der Waals surface area contributed by atoms with E-state index < -0.39 is 0 Å². The number of carbonyl (C=O) groups is 1. The zero-order chi connectivity index (χ0) is 15.7. The van der Waals surface area contributed by atoms with Crippen LogP contribution >= 0.6 is 27.3 Å². The van der Waals surface area contributed by atoms with E-state index in [9.17, 15) is 4.79 Å². The zero-order valence-corrected chi connectivity index (χ0v) is 14.4. The first-order valence-corrected chi connectivity index (χ1v) is 8.23. The maximum atomic E-state index is 12.1. The molecule has 0 saturated carbocycles. The maximum absolute atomic E-state index is 12.1. The molecule has 0 radical (unpaired) electrons. The lowest BCUT2D eigenvalue weighted by Gasteiger charge is -1.98. The summed E-state index contributed by atoms with van der Waals surface area (Å²) in [5.41, 5.74) is 3.17. The number of benzene rings is 1. The lowest BCUT2D eigenvalue weighted by atomic mass is 10.2. The largest absolute Gasteiger partial charge is 0.296 e. The molecular weight excluding hydrogens is 364 g/mol. The van der Waals surface area contributed by atoms with Gasteiger partial charge >= 0.3 is 0 Å². The molecule has 0 unspecified atom stereocenters. The molecule has 112 valence electrons. The lowest BCUT2D eigenvalue weighted by molar-refractivity contribution is 0.102. The molecule has 0 aliphatic rings. The Kier molecular flexibility index (Phi) is 4.08. The number of carbonyl (C=O) groups excluding carboxylic acids is 1. The summed E-state index contributed by atoms with van der Waals surface area (Å²) in [5, 5.41) is 9.42. The normalized spacial score (nSPS) is 10.7. The van der Waals surface area contributed by atoms with Gasteiger partial charge in [0.15, 0.2) is 10.8 Å². The van der Waals surface area contributed by atoms with E-state index in [2.05, 4.69) is 31.3 Å². The van der Waals surface area contributed by atoms with Crippen molar-refractivity contribution in [2.75, 3.05) is 5.32 Å². The summed E-state index contributed by atoms with van der Waals surface area (Å²) >= 11 is 4.80. The van der Waals surface area contributed by atoms with E-state index in [1.165, 1.54) is 11.3 Å². The fourth-order valence-corrected chi connectivity index (χ4v) is 2.90. The van der Waals surface area contributed by atoms with Crippen molar-refractivity contribution < 1.29 is 4.79 Å². The standard InChI is InChI=1S/C15H13BrN4OS/c1-9-7-12(19-20(9)2)14(21)18-15-17-13(8-22-15)10-3-5-11(16)6-4-10/h3-8H,1-2H3,(H,17,18,21). The zero-order valence-electron chi connectivity index (χ0n) is 12.0. The molecule has 0 aliphatic carbocycles. The maximum Gasteiger partial charge on any atom is 0.277 e. The monoisotopic (exact) mass is 376 g/mol. The van der Waals surface area contributed by atoms with Crippen molar-refractivity contribution in [2.45, 2.75) is 6.92 Å². The second-order valence-electron chi connectivity index (χ2n) is 4.79. The molecule has 0 atom stereocenters. The van der Waals surface area contributed by atoms with Crippen LogP contribution in [0.25, 0.3) is 11.3 Å². The Hall–Kier alpha value is -1.99. The summed E-state index contributed by atoms with van der Waals surface area (Å²) in [7, 11) is 1.81. The van der Waals surface area contributed by atoms with Crippen LogP contribution < -0.4 is 5.32 Å². The first kappa shape index (κ1) is 14.9. The van der Waals surface area contributed by atoms with Gasteiger partial charge in [0.1, 0.15) is 0 Å². The summed E-state index contributed by atoms with van der Waals surface area (Å²) in [6.07, 6.45) is 0. The van der Waals surface area contributed by atoms with Crippen molar-refractivity contribution >= 4 is 38.3 Å². The molecule has 22 heavy (non-hydrogen) atoms. The fourth-order valence-electron chi connectivity index (χ4n) is 1.92. The molecule has 0 spiro atoms. The van der Waals surface area contributed by atoms with Crippen molar-refractivity contribution in [3.05, 3.63) is 51.6 Å². The van der Waals surface area contributed by atoms with Crippen LogP contribution in [0.4, 0.5) is 5.13 Å². The van der Waals surface area contributed by atoms with Gasteiger partial charge in [-0.25, -0.2) is 4.98 Å². The third-order valence-corrected chi connectivity index (χ3v) is 4.50. The number of thiazole rings is 1. The highest BCUT2D eigenvalue weighted by atomic mass is 79.9. The van der Waals surface area contributed by atoms with Crippen LogP contribution in [0.5, 0.6) is 0 Å². The van der Waals surface area contributed by atoms with E-state index in [-0.39, 0.29) is 5.91 Å². The predicted octanol–water partition coefficient (Wildman–Crippen LogP) is 3.87. The first-order chi connectivity index (χ1) is 10.5. The smallest absolute Gasteiger partial charge is 0.277 e. The third-order valence-electron chi connectivity index (χ3n) is 3.21. The van der Waals surface area contributed by atoms with Crippen molar-refractivity contribution in [1.29, 1.82) is 0 Å². The SMILES string of the molecule is Cc1cc(C(=O)Nc2nc(-c3ccc(Br)cc3)cs2)nn1C. The molecular formula is C15H13BrN4OS. The first-order valence-electron chi connectivity index (χ1n) is 6.56. The van der Waals surface area contributed by atoms with Crippen LogP contribution in [-0.2, 0) is 7.05 Å². The van der Waals surface area contributed by atoms with Crippen LogP contribution in [-0.4, -0.2) is 20.7 Å². The Morgan fingerprint density at radius 3 is 2.68 bits per heavy atom. The molecule has 5 nitrogen and oxygen atoms in total. The number of aromatic nitrogens is 3. The van der Waals surface area contributed by atoms with Crippen LogP contribution in [0.15, 0.2) is 40.2 Å². The number of anilines is 1. The number of hydrogen-bond acceptors (Lipinski definition) is 4. The predicted molar refractivity (Wildman–Crippen MR) is 91.1 cm³/mol. The number of rotatable bonds is 3. The summed E-state index contributed by atoms with van der Waals surface area (Å²) in [6, 6.07) is 9.63. The molecule has 7 heteroatoms. The van der Waals surface area contributed by atoms with Crippen LogP contribution in [0.3, 0.4) is 0 Å². The van der Waals surface area contributed by atoms with Crippen molar-refractivity contribution in [1.82, 2.24) is 14.8 Å². The van der Waals surface area contributed by atoms with Crippen molar-refractivity contribution in [3.8, 4) is 11.3 Å². The average molecular weight is 377 g/mol. The summed E-state index contributed by atoms with van der Waals surface area (Å²) in [4.78, 5) is 16.6. The summed E-state index contributed by atoms with van der Waals surface area (Å²) in [5.74, 6) is -0.250. The molecule has 0 bridgehead atoms. The van der Waals surface area contributed by atoms with Crippen LogP contribution in [0.1, 0.15) is 16.2 Å². The quantitative estimate of drug-likeness (QED) is 0.754. The van der Waals surface area contributed by atoms with Crippen molar-refractivity contribution in [3.63, 3.8) is 0 Å². The van der Waals surface area contributed by atoms with Gasteiger partial charge in [0.05, 0.1) is 5.69 Å². The minimum atomic E-state index is -0.250. The highest BCUT2D eigenvalue weighted by Gasteiger charge is 2.13. The van der Waals surface area contributed by atoms with E-state index in [4.69, 9.17) is 0 Å². The lowest BCUT2D eigenvalue weighted by Crippen LogP contribution is -2.12. The Bertz CT molecular complexity index is 803. The number of nitrogens with one attached hydrogen (secondary N) is 1. The van der Waals surface area contributed by atoms with Gasteiger partial charge in [0.25, 0.3) is 5.91 Å². The molecule has 0 saturated heterocycles.